The van der Waals surface area contributed by atoms with E-state index in [1.165, 1.54) is 12.1 Å². The average molecular weight is 327 g/mol. The van der Waals surface area contributed by atoms with Crippen LogP contribution in [0.1, 0.15) is 46.0 Å². The number of ether oxygens (including phenoxy) is 1. The number of rotatable bonds is 7. The molecule has 2 rings (SSSR count). The van der Waals surface area contributed by atoms with Crippen molar-refractivity contribution >= 4 is 11.9 Å². The summed E-state index contributed by atoms with van der Waals surface area (Å²) in [6.45, 7) is 4.76. The lowest BCUT2D eigenvalue weighted by atomic mass is 10.0. The molecule has 1 amide bonds. The van der Waals surface area contributed by atoms with Gasteiger partial charge in [0.1, 0.15) is 12.4 Å². The first kappa shape index (κ1) is 17.5. The van der Waals surface area contributed by atoms with Gasteiger partial charge in [0.2, 0.25) is 0 Å². The zero-order valence-corrected chi connectivity index (χ0v) is 13.8. The molecule has 0 saturated carbocycles. The smallest absolute Gasteiger partial charge is 0.335 e. The number of carboxylic acid groups (broad SMARTS) is 1. The van der Waals surface area contributed by atoms with Crippen LogP contribution in [0.15, 0.2) is 48.5 Å². The minimum absolute atomic E-state index is 0.152. The average Bonchev–Trinajstić information content (AvgIpc) is 2.58. The summed E-state index contributed by atoms with van der Waals surface area (Å²) in [5.41, 5.74) is 1.90. The second-order valence-electron chi connectivity index (χ2n) is 5.72. The number of carboxylic acids is 1. The first-order chi connectivity index (χ1) is 11.5. The third-order valence-electron chi connectivity index (χ3n) is 3.55. The molecule has 0 aliphatic rings. The third kappa shape index (κ3) is 4.84. The Morgan fingerprint density at radius 3 is 2.50 bits per heavy atom. The Balaban J connectivity index is 1.84. The Morgan fingerprint density at radius 2 is 1.79 bits per heavy atom. The Bertz CT molecular complexity index is 725. The number of amides is 1. The normalized spacial score (nSPS) is 10.5. The van der Waals surface area contributed by atoms with Gasteiger partial charge in [0.05, 0.1) is 12.1 Å². The lowest BCUT2D eigenvalue weighted by Gasteiger charge is -2.10. The number of hydrogen-bond donors (Lipinski definition) is 2. The van der Waals surface area contributed by atoms with E-state index in [9.17, 15) is 9.59 Å². The van der Waals surface area contributed by atoms with Crippen LogP contribution in [-0.4, -0.2) is 30.1 Å². The predicted molar refractivity (Wildman–Crippen MR) is 91.8 cm³/mol. The van der Waals surface area contributed by atoms with E-state index < -0.39 is 5.97 Å². The van der Waals surface area contributed by atoms with E-state index in [0.717, 1.165) is 5.56 Å². The summed E-state index contributed by atoms with van der Waals surface area (Å²) in [6, 6.07) is 13.8. The lowest BCUT2D eigenvalue weighted by Crippen LogP contribution is -2.28. The van der Waals surface area contributed by atoms with Crippen LogP contribution in [0.4, 0.5) is 0 Å². The quantitative estimate of drug-likeness (QED) is 0.765. The second-order valence-corrected chi connectivity index (χ2v) is 5.72. The van der Waals surface area contributed by atoms with Gasteiger partial charge in [-0.3, -0.25) is 4.79 Å². The van der Waals surface area contributed by atoms with Crippen molar-refractivity contribution in [3.05, 3.63) is 65.2 Å². The van der Waals surface area contributed by atoms with E-state index in [0.29, 0.717) is 23.8 Å². The highest BCUT2D eigenvalue weighted by molar-refractivity contribution is 5.94. The van der Waals surface area contributed by atoms with E-state index in [1.807, 2.05) is 18.2 Å². The molecule has 126 valence electrons. The molecule has 0 atom stereocenters. The minimum Gasteiger partial charge on any atom is -0.492 e. The molecule has 2 N–H and O–H groups in total. The molecule has 0 aliphatic heterocycles. The Kier molecular flexibility index (Phi) is 5.95. The molecule has 5 heteroatoms. The number of benzene rings is 2. The monoisotopic (exact) mass is 327 g/mol. The summed E-state index contributed by atoms with van der Waals surface area (Å²) >= 11 is 0. The van der Waals surface area contributed by atoms with Gasteiger partial charge in [-0.05, 0) is 41.8 Å². The van der Waals surface area contributed by atoms with Crippen molar-refractivity contribution in [1.82, 2.24) is 5.32 Å². The standard InChI is InChI=1S/C19H21NO4/c1-13(2)14-5-3-6-15(11-14)18(21)20-9-10-24-17-8-4-7-16(12-17)19(22)23/h3-8,11-13H,9-10H2,1-2H3,(H,20,21)(H,22,23). The van der Waals surface area contributed by atoms with Crippen LogP contribution in [-0.2, 0) is 0 Å². The lowest BCUT2D eigenvalue weighted by molar-refractivity contribution is 0.0696. The molecule has 0 unspecified atom stereocenters. The molecule has 5 nitrogen and oxygen atoms in total. The van der Waals surface area contributed by atoms with E-state index in [1.54, 1.807) is 18.2 Å². The predicted octanol–water partition coefficient (Wildman–Crippen LogP) is 3.32. The van der Waals surface area contributed by atoms with Crippen LogP contribution >= 0.6 is 0 Å². The van der Waals surface area contributed by atoms with Crippen LogP contribution in [0, 0.1) is 0 Å². The Labute approximate surface area is 141 Å². The zero-order chi connectivity index (χ0) is 17.5. The van der Waals surface area contributed by atoms with Crippen LogP contribution in [0.5, 0.6) is 5.75 Å². The maximum Gasteiger partial charge on any atom is 0.335 e. The van der Waals surface area contributed by atoms with Crippen molar-refractivity contribution in [3.8, 4) is 5.75 Å². The largest absolute Gasteiger partial charge is 0.492 e. The van der Waals surface area contributed by atoms with Crippen molar-refractivity contribution in [2.45, 2.75) is 19.8 Å². The summed E-state index contributed by atoms with van der Waals surface area (Å²) in [5.74, 6) is -0.326. The molecule has 2 aromatic rings. The Morgan fingerprint density at radius 1 is 1.08 bits per heavy atom. The second kappa shape index (κ2) is 8.15. The van der Waals surface area contributed by atoms with Crippen molar-refractivity contribution in [2.24, 2.45) is 0 Å². The van der Waals surface area contributed by atoms with Crippen LogP contribution in [0.2, 0.25) is 0 Å². The SMILES string of the molecule is CC(C)c1cccc(C(=O)NCCOc2cccc(C(=O)O)c2)c1. The van der Waals surface area contributed by atoms with Gasteiger partial charge >= 0.3 is 5.97 Å². The van der Waals surface area contributed by atoms with Crippen molar-refractivity contribution in [3.63, 3.8) is 0 Å². The molecule has 0 heterocycles. The maximum absolute atomic E-state index is 12.1. The molecule has 24 heavy (non-hydrogen) atoms. The molecule has 0 radical (unpaired) electrons. The summed E-state index contributed by atoms with van der Waals surface area (Å²) in [7, 11) is 0. The summed E-state index contributed by atoms with van der Waals surface area (Å²) < 4.78 is 5.47. The first-order valence-electron chi connectivity index (χ1n) is 7.81. The molecular formula is C19H21NO4. The van der Waals surface area contributed by atoms with Gasteiger partial charge in [-0.25, -0.2) is 4.79 Å². The fourth-order valence-corrected chi connectivity index (χ4v) is 2.19. The van der Waals surface area contributed by atoms with Gasteiger partial charge in [0, 0.05) is 5.56 Å². The van der Waals surface area contributed by atoms with Gasteiger partial charge < -0.3 is 15.2 Å². The van der Waals surface area contributed by atoms with Crippen molar-refractivity contribution < 1.29 is 19.4 Å². The van der Waals surface area contributed by atoms with E-state index in [4.69, 9.17) is 9.84 Å². The topological polar surface area (TPSA) is 75.6 Å². The summed E-state index contributed by atoms with van der Waals surface area (Å²) in [5, 5.41) is 11.7. The van der Waals surface area contributed by atoms with Crippen LogP contribution in [0.25, 0.3) is 0 Å². The van der Waals surface area contributed by atoms with E-state index in [-0.39, 0.29) is 18.1 Å². The first-order valence-corrected chi connectivity index (χ1v) is 7.81. The molecule has 0 spiro atoms. The molecular weight excluding hydrogens is 306 g/mol. The fourth-order valence-electron chi connectivity index (χ4n) is 2.19. The zero-order valence-electron chi connectivity index (χ0n) is 13.8. The third-order valence-corrected chi connectivity index (χ3v) is 3.55. The number of carbonyl (C=O) groups is 2. The van der Waals surface area contributed by atoms with Gasteiger partial charge in [-0.2, -0.15) is 0 Å². The Hall–Kier alpha value is -2.82. The fraction of sp³-hybridized carbons (Fsp3) is 0.263. The highest BCUT2D eigenvalue weighted by Crippen LogP contribution is 2.15. The van der Waals surface area contributed by atoms with Crippen molar-refractivity contribution in [2.75, 3.05) is 13.2 Å². The van der Waals surface area contributed by atoms with E-state index >= 15 is 0 Å². The van der Waals surface area contributed by atoms with Crippen LogP contribution in [0.3, 0.4) is 0 Å². The molecule has 0 fully saturated rings. The molecule has 0 aromatic heterocycles. The highest BCUT2D eigenvalue weighted by atomic mass is 16.5. The minimum atomic E-state index is -1.00. The summed E-state index contributed by atoms with van der Waals surface area (Å²) in [6.07, 6.45) is 0. The van der Waals surface area contributed by atoms with Gasteiger partial charge in [0.15, 0.2) is 0 Å². The number of nitrogens with one attached hydrogen (secondary N) is 1. The summed E-state index contributed by atoms with van der Waals surface area (Å²) in [4.78, 5) is 23.0. The van der Waals surface area contributed by atoms with Gasteiger partial charge in [-0.1, -0.05) is 32.0 Å². The van der Waals surface area contributed by atoms with E-state index in [2.05, 4.69) is 19.2 Å². The molecule has 0 saturated heterocycles. The van der Waals surface area contributed by atoms with Gasteiger partial charge in [-0.15, -0.1) is 0 Å². The molecule has 2 aromatic carbocycles. The van der Waals surface area contributed by atoms with Crippen LogP contribution < -0.4 is 10.1 Å². The molecule has 0 aliphatic carbocycles. The molecule has 0 bridgehead atoms. The number of aromatic carboxylic acids is 1. The highest BCUT2D eigenvalue weighted by Gasteiger charge is 2.08. The maximum atomic E-state index is 12.1. The number of hydrogen-bond acceptors (Lipinski definition) is 3. The van der Waals surface area contributed by atoms with Gasteiger partial charge in [0.25, 0.3) is 5.91 Å². The van der Waals surface area contributed by atoms with Crippen molar-refractivity contribution in [1.29, 1.82) is 0 Å². The number of carbonyl (C=O) groups excluding carboxylic acids is 1.